The minimum Gasteiger partial charge on any atom is -0.310 e. The highest BCUT2D eigenvalue weighted by atomic mass is 19.1. The van der Waals surface area contributed by atoms with Gasteiger partial charge in [0, 0.05) is 12.6 Å². The second-order valence-corrected chi connectivity index (χ2v) is 5.22. The van der Waals surface area contributed by atoms with Crippen LogP contribution in [0.25, 0.3) is 0 Å². The van der Waals surface area contributed by atoms with Crippen molar-refractivity contribution in [2.45, 2.75) is 33.7 Å². The van der Waals surface area contributed by atoms with E-state index in [4.69, 9.17) is 0 Å². The van der Waals surface area contributed by atoms with Crippen molar-refractivity contribution in [2.75, 3.05) is 6.54 Å². The van der Waals surface area contributed by atoms with E-state index in [0.29, 0.717) is 0 Å². The van der Waals surface area contributed by atoms with Crippen LogP contribution in [-0.4, -0.2) is 6.54 Å². The molecule has 0 aromatic heterocycles. The minimum absolute atomic E-state index is 0.170. The fraction of sp³-hybridized carbons (Fsp3) is 0.538. The van der Waals surface area contributed by atoms with Crippen LogP contribution in [0.15, 0.2) is 24.3 Å². The van der Waals surface area contributed by atoms with E-state index in [-0.39, 0.29) is 17.3 Å². The van der Waals surface area contributed by atoms with Crippen LogP contribution in [0.2, 0.25) is 0 Å². The lowest BCUT2D eigenvalue weighted by Crippen LogP contribution is -2.29. The Morgan fingerprint density at radius 3 is 2.53 bits per heavy atom. The molecule has 84 valence electrons. The van der Waals surface area contributed by atoms with E-state index >= 15 is 0 Å². The highest BCUT2D eigenvalue weighted by Crippen LogP contribution is 2.16. The number of nitrogens with one attached hydrogen (secondary N) is 1. The smallest absolute Gasteiger partial charge is 0.123 e. The third kappa shape index (κ3) is 4.43. The van der Waals surface area contributed by atoms with E-state index < -0.39 is 0 Å². The van der Waals surface area contributed by atoms with Crippen LogP contribution in [0.1, 0.15) is 39.3 Å². The SMILES string of the molecule is C[C@H](NCC(C)(C)C)c1cccc(F)c1. The second kappa shape index (κ2) is 4.75. The van der Waals surface area contributed by atoms with E-state index in [1.54, 1.807) is 12.1 Å². The molecule has 1 aromatic rings. The molecule has 1 N–H and O–H groups in total. The van der Waals surface area contributed by atoms with E-state index in [2.05, 4.69) is 33.0 Å². The lowest BCUT2D eigenvalue weighted by Gasteiger charge is -2.22. The van der Waals surface area contributed by atoms with E-state index in [1.807, 2.05) is 6.07 Å². The fourth-order valence-corrected chi connectivity index (χ4v) is 1.35. The Hall–Kier alpha value is -0.890. The van der Waals surface area contributed by atoms with Crippen LogP contribution >= 0.6 is 0 Å². The maximum atomic E-state index is 13.0. The number of benzene rings is 1. The first-order valence-corrected chi connectivity index (χ1v) is 5.37. The Labute approximate surface area is 91.7 Å². The minimum atomic E-state index is -0.170. The highest BCUT2D eigenvalue weighted by Gasteiger charge is 2.12. The average Bonchev–Trinajstić information content (AvgIpc) is 2.13. The molecule has 1 atom stereocenters. The summed E-state index contributed by atoms with van der Waals surface area (Å²) in [4.78, 5) is 0. The van der Waals surface area contributed by atoms with E-state index in [1.165, 1.54) is 6.07 Å². The molecule has 0 aliphatic carbocycles. The van der Waals surface area contributed by atoms with Gasteiger partial charge in [-0.3, -0.25) is 0 Å². The summed E-state index contributed by atoms with van der Waals surface area (Å²) < 4.78 is 13.0. The van der Waals surface area contributed by atoms with Gasteiger partial charge in [0.05, 0.1) is 0 Å². The van der Waals surface area contributed by atoms with Crippen molar-refractivity contribution >= 4 is 0 Å². The maximum absolute atomic E-state index is 13.0. The largest absolute Gasteiger partial charge is 0.310 e. The lowest BCUT2D eigenvalue weighted by atomic mass is 9.96. The molecule has 2 heteroatoms. The predicted octanol–water partition coefficient (Wildman–Crippen LogP) is 3.52. The first-order chi connectivity index (χ1) is 6.88. The van der Waals surface area contributed by atoms with Gasteiger partial charge in [-0.2, -0.15) is 0 Å². The van der Waals surface area contributed by atoms with Gasteiger partial charge in [-0.15, -0.1) is 0 Å². The van der Waals surface area contributed by atoms with Gasteiger partial charge in [0.1, 0.15) is 5.82 Å². The predicted molar refractivity (Wildman–Crippen MR) is 62.3 cm³/mol. The van der Waals surface area contributed by atoms with Crippen molar-refractivity contribution < 1.29 is 4.39 Å². The summed E-state index contributed by atoms with van der Waals surface area (Å²) in [6.45, 7) is 9.51. The molecular formula is C13H20FN. The molecule has 0 heterocycles. The number of hydrogen-bond donors (Lipinski definition) is 1. The average molecular weight is 209 g/mol. The molecular weight excluding hydrogens is 189 g/mol. The van der Waals surface area contributed by atoms with Crippen molar-refractivity contribution in [2.24, 2.45) is 5.41 Å². The van der Waals surface area contributed by atoms with Crippen molar-refractivity contribution in [1.82, 2.24) is 5.32 Å². The van der Waals surface area contributed by atoms with Crippen molar-refractivity contribution in [1.29, 1.82) is 0 Å². The normalized spacial score (nSPS) is 13.9. The van der Waals surface area contributed by atoms with Gasteiger partial charge in [-0.25, -0.2) is 4.39 Å². The van der Waals surface area contributed by atoms with Gasteiger partial charge >= 0.3 is 0 Å². The van der Waals surface area contributed by atoms with Gasteiger partial charge in [-0.05, 0) is 30.0 Å². The molecule has 0 aliphatic rings. The molecule has 1 nitrogen and oxygen atoms in total. The zero-order chi connectivity index (χ0) is 11.5. The Kier molecular flexibility index (Phi) is 3.86. The molecule has 0 bridgehead atoms. The number of hydrogen-bond acceptors (Lipinski definition) is 1. The Morgan fingerprint density at radius 2 is 2.00 bits per heavy atom. The summed E-state index contributed by atoms with van der Waals surface area (Å²) in [5.41, 5.74) is 1.25. The van der Waals surface area contributed by atoms with E-state index in [9.17, 15) is 4.39 Å². The summed E-state index contributed by atoms with van der Waals surface area (Å²) in [6, 6.07) is 6.95. The maximum Gasteiger partial charge on any atom is 0.123 e. The van der Waals surface area contributed by atoms with Gasteiger partial charge in [0.25, 0.3) is 0 Å². The molecule has 0 fully saturated rings. The number of rotatable bonds is 3. The first kappa shape index (κ1) is 12.2. The van der Waals surface area contributed by atoms with Crippen LogP contribution in [0, 0.1) is 11.2 Å². The molecule has 1 aromatic carbocycles. The Morgan fingerprint density at radius 1 is 1.33 bits per heavy atom. The monoisotopic (exact) mass is 209 g/mol. The third-order valence-corrected chi connectivity index (χ3v) is 2.29. The molecule has 0 unspecified atom stereocenters. The quantitative estimate of drug-likeness (QED) is 0.803. The van der Waals surface area contributed by atoms with Gasteiger partial charge < -0.3 is 5.32 Å². The summed E-state index contributed by atoms with van der Waals surface area (Å²) in [6.07, 6.45) is 0. The van der Waals surface area contributed by atoms with Gasteiger partial charge in [0.15, 0.2) is 0 Å². The van der Waals surface area contributed by atoms with E-state index in [0.717, 1.165) is 12.1 Å². The molecule has 0 saturated heterocycles. The van der Waals surface area contributed by atoms with Gasteiger partial charge in [0.2, 0.25) is 0 Å². The zero-order valence-electron chi connectivity index (χ0n) is 9.97. The molecule has 0 amide bonds. The van der Waals surface area contributed by atoms with Crippen LogP contribution in [0.3, 0.4) is 0 Å². The topological polar surface area (TPSA) is 12.0 Å². The standard InChI is InChI=1S/C13H20FN/c1-10(15-9-13(2,3)4)11-6-5-7-12(14)8-11/h5-8,10,15H,9H2,1-4H3/t10-/m0/s1. The molecule has 0 spiro atoms. The van der Waals surface area contributed by atoms with Crippen LogP contribution < -0.4 is 5.32 Å². The van der Waals surface area contributed by atoms with Crippen LogP contribution in [-0.2, 0) is 0 Å². The van der Waals surface area contributed by atoms with Crippen molar-refractivity contribution in [3.8, 4) is 0 Å². The van der Waals surface area contributed by atoms with Crippen molar-refractivity contribution in [3.63, 3.8) is 0 Å². The summed E-state index contributed by atoms with van der Waals surface area (Å²) in [5.74, 6) is -0.170. The fourth-order valence-electron chi connectivity index (χ4n) is 1.35. The molecule has 1 rings (SSSR count). The summed E-state index contributed by atoms with van der Waals surface area (Å²) >= 11 is 0. The lowest BCUT2D eigenvalue weighted by molar-refractivity contribution is 0.359. The molecule has 0 radical (unpaired) electrons. The molecule has 15 heavy (non-hydrogen) atoms. The molecule has 0 saturated carbocycles. The third-order valence-electron chi connectivity index (χ3n) is 2.29. The van der Waals surface area contributed by atoms with Crippen LogP contribution in [0.5, 0.6) is 0 Å². The number of halogens is 1. The highest BCUT2D eigenvalue weighted by molar-refractivity contribution is 5.19. The Balaban J connectivity index is 2.58. The zero-order valence-corrected chi connectivity index (χ0v) is 9.97. The molecule has 0 aliphatic heterocycles. The summed E-state index contributed by atoms with van der Waals surface area (Å²) in [7, 11) is 0. The first-order valence-electron chi connectivity index (χ1n) is 5.37. The van der Waals surface area contributed by atoms with Crippen molar-refractivity contribution in [3.05, 3.63) is 35.6 Å². The summed E-state index contributed by atoms with van der Waals surface area (Å²) in [5, 5.41) is 3.40. The van der Waals surface area contributed by atoms with Gasteiger partial charge in [-0.1, -0.05) is 32.9 Å². The Bertz CT molecular complexity index is 315. The van der Waals surface area contributed by atoms with Crippen LogP contribution in [0.4, 0.5) is 4.39 Å². The second-order valence-electron chi connectivity index (χ2n) is 5.22.